The third-order valence-electron chi connectivity index (χ3n) is 2.72. The number of alkyl halides is 3. The molecule has 18 heavy (non-hydrogen) atoms. The van der Waals surface area contributed by atoms with E-state index in [1.807, 2.05) is 0 Å². The average molecular weight is 262 g/mol. The van der Waals surface area contributed by atoms with E-state index in [0.717, 1.165) is 18.9 Å². The monoisotopic (exact) mass is 262 g/mol. The Labute approximate surface area is 105 Å². The molecule has 0 spiro atoms. The fourth-order valence-electron chi connectivity index (χ4n) is 1.80. The van der Waals surface area contributed by atoms with Crippen LogP contribution in [-0.2, 0) is 9.53 Å². The molecule has 1 aliphatic heterocycles. The maximum absolute atomic E-state index is 12.0. The highest BCUT2D eigenvalue weighted by atomic mass is 19.4. The minimum Gasteiger partial charge on any atom is -0.378 e. The van der Waals surface area contributed by atoms with Crippen LogP contribution in [0.3, 0.4) is 0 Å². The zero-order valence-electron chi connectivity index (χ0n) is 10.3. The SMILES string of the molecule is C/C=C(\C=C/CC(F)(F)F)C(=O)CC1CCCO1. The van der Waals surface area contributed by atoms with Gasteiger partial charge in [-0.25, -0.2) is 0 Å². The summed E-state index contributed by atoms with van der Waals surface area (Å²) in [5.41, 5.74) is 0.315. The fourth-order valence-corrected chi connectivity index (χ4v) is 1.80. The van der Waals surface area contributed by atoms with Gasteiger partial charge in [-0.15, -0.1) is 0 Å². The number of hydrogen-bond acceptors (Lipinski definition) is 2. The molecule has 1 unspecified atom stereocenters. The zero-order chi connectivity index (χ0) is 13.6. The van der Waals surface area contributed by atoms with Gasteiger partial charge in [-0.05, 0) is 19.8 Å². The lowest BCUT2D eigenvalue weighted by Crippen LogP contribution is -2.13. The number of carbonyl (C=O) groups excluding carboxylic acids is 1. The van der Waals surface area contributed by atoms with Gasteiger partial charge < -0.3 is 4.74 Å². The molecule has 1 fully saturated rings. The third-order valence-corrected chi connectivity index (χ3v) is 2.72. The van der Waals surface area contributed by atoms with Crippen LogP contribution < -0.4 is 0 Å². The minimum absolute atomic E-state index is 0.0801. The second-order valence-corrected chi connectivity index (χ2v) is 4.23. The molecule has 1 rings (SSSR count). The van der Waals surface area contributed by atoms with E-state index in [2.05, 4.69) is 0 Å². The van der Waals surface area contributed by atoms with Crippen LogP contribution in [0.25, 0.3) is 0 Å². The van der Waals surface area contributed by atoms with Gasteiger partial charge in [0.25, 0.3) is 0 Å². The number of hydrogen-bond donors (Lipinski definition) is 0. The topological polar surface area (TPSA) is 26.3 Å². The van der Waals surface area contributed by atoms with Gasteiger partial charge in [0.1, 0.15) is 0 Å². The van der Waals surface area contributed by atoms with E-state index in [0.29, 0.717) is 12.2 Å². The van der Waals surface area contributed by atoms with Gasteiger partial charge in [-0.2, -0.15) is 13.2 Å². The molecule has 0 N–H and O–H groups in total. The van der Waals surface area contributed by atoms with Gasteiger partial charge in [-0.1, -0.05) is 18.2 Å². The second-order valence-electron chi connectivity index (χ2n) is 4.23. The molecule has 0 amide bonds. The van der Waals surface area contributed by atoms with Crippen LogP contribution in [0.2, 0.25) is 0 Å². The molecule has 0 radical (unpaired) electrons. The Morgan fingerprint density at radius 1 is 1.44 bits per heavy atom. The summed E-state index contributed by atoms with van der Waals surface area (Å²) in [5, 5.41) is 0. The van der Waals surface area contributed by atoms with Gasteiger partial charge in [0.05, 0.1) is 12.5 Å². The average Bonchev–Trinajstić information content (AvgIpc) is 2.75. The van der Waals surface area contributed by atoms with Crippen LogP contribution in [0.1, 0.15) is 32.6 Å². The molecule has 1 aliphatic rings. The molecule has 0 saturated carbocycles. The van der Waals surface area contributed by atoms with Crippen LogP contribution in [0.15, 0.2) is 23.8 Å². The van der Waals surface area contributed by atoms with Crippen LogP contribution in [0, 0.1) is 0 Å². The summed E-state index contributed by atoms with van der Waals surface area (Å²) >= 11 is 0. The van der Waals surface area contributed by atoms with Crippen molar-refractivity contribution in [1.82, 2.24) is 0 Å². The Morgan fingerprint density at radius 3 is 2.67 bits per heavy atom. The fraction of sp³-hybridized carbons (Fsp3) is 0.615. The molecule has 1 saturated heterocycles. The van der Waals surface area contributed by atoms with Crippen LogP contribution >= 0.6 is 0 Å². The van der Waals surface area contributed by atoms with Gasteiger partial charge >= 0.3 is 6.18 Å². The van der Waals surface area contributed by atoms with Crippen molar-refractivity contribution in [1.29, 1.82) is 0 Å². The highest BCUT2D eigenvalue weighted by Crippen LogP contribution is 2.21. The van der Waals surface area contributed by atoms with E-state index < -0.39 is 12.6 Å². The summed E-state index contributed by atoms with van der Waals surface area (Å²) in [6, 6.07) is 0. The van der Waals surface area contributed by atoms with E-state index in [9.17, 15) is 18.0 Å². The van der Waals surface area contributed by atoms with E-state index >= 15 is 0 Å². The third kappa shape index (κ3) is 5.49. The Balaban J connectivity index is 2.47. The smallest absolute Gasteiger partial charge is 0.378 e. The lowest BCUT2D eigenvalue weighted by atomic mass is 10.0. The predicted molar refractivity (Wildman–Crippen MR) is 62.2 cm³/mol. The summed E-state index contributed by atoms with van der Waals surface area (Å²) in [5.74, 6) is -0.164. The maximum atomic E-state index is 12.0. The number of allylic oxidation sites excluding steroid dienone is 4. The van der Waals surface area contributed by atoms with Crippen molar-refractivity contribution in [3.8, 4) is 0 Å². The van der Waals surface area contributed by atoms with Crippen molar-refractivity contribution in [2.24, 2.45) is 0 Å². The number of Topliss-reactive ketones (excluding diaryl/α,β-unsaturated/α-hetero) is 1. The standard InChI is InChI=1S/C13H17F3O2/c1-2-10(5-3-7-13(14,15)16)12(17)9-11-6-4-8-18-11/h2-3,5,11H,4,6-9H2,1H3/b5-3-,10-2+. The predicted octanol–water partition coefficient (Wildman–Crippen LogP) is 3.58. The van der Waals surface area contributed by atoms with Crippen molar-refractivity contribution in [2.75, 3.05) is 6.61 Å². The summed E-state index contributed by atoms with van der Waals surface area (Å²) in [7, 11) is 0. The lowest BCUT2D eigenvalue weighted by molar-refractivity contribution is -0.125. The molecule has 2 nitrogen and oxygen atoms in total. The van der Waals surface area contributed by atoms with Crippen molar-refractivity contribution in [2.45, 2.75) is 44.9 Å². The molecule has 0 aromatic carbocycles. The Bertz CT molecular complexity index is 337. The molecule has 1 atom stereocenters. The number of halogens is 3. The van der Waals surface area contributed by atoms with E-state index in [4.69, 9.17) is 4.74 Å². The quantitative estimate of drug-likeness (QED) is 0.559. The molecule has 0 aromatic heterocycles. The first kappa shape index (κ1) is 15.0. The summed E-state index contributed by atoms with van der Waals surface area (Å²) in [6.07, 6.45) is 0.448. The number of rotatable bonds is 5. The van der Waals surface area contributed by atoms with E-state index in [1.165, 1.54) is 12.2 Å². The Kier molecular flexibility index (Phi) is 5.59. The molecular formula is C13H17F3O2. The van der Waals surface area contributed by atoms with Gasteiger partial charge in [0.15, 0.2) is 5.78 Å². The van der Waals surface area contributed by atoms with Crippen molar-refractivity contribution in [3.63, 3.8) is 0 Å². The normalized spacial score (nSPS) is 21.8. The van der Waals surface area contributed by atoms with Crippen molar-refractivity contribution >= 4 is 5.78 Å². The van der Waals surface area contributed by atoms with Gasteiger partial charge in [-0.3, -0.25) is 4.79 Å². The number of carbonyl (C=O) groups is 1. The highest BCUT2D eigenvalue weighted by molar-refractivity contribution is 5.98. The first-order chi connectivity index (χ1) is 8.42. The van der Waals surface area contributed by atoms with Crippen LogP contribution in [0.4, 0.5) is 13.2 Å². The number of ketones is 1. The summed E-state index contributed by atoms with van der Waals surface area (Å²) in [6.45, 7) is 2.30. The molecule has 0 bridgehead atoms. The first-order valence-electron chi connectivity index (χ1n) is 5.97. The maximum Gasteiger partial charge on any atom is 0.392 e. The molecule has 0 aromatic rings. The lowest BCUT2D eigenvalue weighted by Gasteiger charge is -2.08. The Hall–Kier alpha value is -1.10. The van der Waals surface area contributed by atoms with Gasteiger partial charge in [0.2, 0.25) is 0 Å². The largest absolute Gasteiger partial charge is 0.392 e. The van der Waals surface area contributed by atoms with Crippen LogP contribution in [-0.4, -0.2) is 24.7 Å². The Morgan fingerprint density at radius 2 is 2.17 bits per heavy atom. The molecule has 102 valence electrons. The number of ether oxygens (including phenoxy) is 1. The summed E-state index contributed by atoms with van der Waals surface area (Å²) in [4.78, 5) is 11.8. The minimum atomic E-state index is -4.23. The van der Waals surface area contributed by atoms with E-state index in [1.54, 1.807) is 6.92 Å². The van der Waals surface area contributed by atoms with Crippen LogP contribution in [0.5, 0.6) is 0 Å². The molecule has 1 heterocycles. The zero-order valence-corrected chi connectivity index (χ0v) is 10.3. The molecule has 5 heteroatoms. The first-order valence-corrected chi connectivity index (χ1v) is 5.97. The molecule has 0 aliphatic carbocycles. The van der Waals surface area contributed by atoms with Crippen molar-refractivity contribution < 1.29 is 22.7 Å². The summed E-state index contributed by atoms with van der Waals surface area (Å²) < 4.78 is 41.2. The van der Waals surface area contributed by atoms with Crippen molar-refractivity contribution in [3.05, 3.63) is 23.8 Å². The molecular weight excluding hydrogens is 245 g/mol. The highest BCUT2D eigenvalue weighted by Gasteiger charge is 2.25. The van der Waals surface area contributed by atoms with E-state index in [-0.39, 0.29) is 18.3 Å². The second kappa shape index (κ2) is 6.73. The van der Waals surface area contributed by atoms with Gasteiger partial charge in [0, 0.05) is 18.6 Å².